The minimum absolute atomic E-state index is 0.0882. The molecule has 0 spiro atoms. The molecule has 0 radical (unpaired) electrons. The van der Waals surface area contributed by atoms with Crippen molar-refractivity contribution < 1.29 is 23.1 Å². The van der Waals surface area contributed by atoms with Gasteiger partial charge in [0.2, 0.25) is 5.91 Å². The molecule has 1 aromatic heterocycles. The lowest BCUT2D eigenvalue weighted by Gasteiger charge is -2.35. The van der Waals surface area contributed by atoms with Crippen LogP contribution in [0.1, 0.15) is 5.69 Å². The predicted molar refractivity (Wildman–Crippen MR) is 73.0 cm³/mol. The molecule has 1 fully saturated rings. The van der Waals surface area contributed by atoms with E-state index in [1.807, 2.05) is 0 Å². The highest BCUT2D eigenvalue weighted by atomic mass is 19.4. The molecule has 1 N–H and O–H groups in total. The van der Waals surface area contributed by atoms with Gasteiger partial charge in [-0.2, -0.15) is 13.2 Å². The second-order valence-electron chi connectivity index (χ2n) is 5.24. The fourth-order valence-electron chi connectivity index (χ4n) is 2.30. The van der Waals surface area contributed by atoms with E-state index in [4.69, 9.17) is 5.11 Å². The zero-order chi connectivity index (χ0) is 16.2. The van der Waals surface area contributed by atoms with Crippen molar-refractivity contribution in [1.29, 1.82) is 0 Å². The lowest BCUT2D eigenvalue weighted by atomic mass is 10.2. The van der Waals surface area contributed by atoms with Crippen LogP contribution in [0.5, 0.6) is 0 Å². The maximum atomic E-state index is 12.3. The van der Waals surface area contributed by atoms with E-state index in [1.54, 1.807) is 29.3 Å². The quantitative estimate of drug-likeness (QED) is 0.888. The zero-order valence-electron chi connectivity index (χ0n) is 12.0. The molecule has 122 valence electrons. The van der Waals surface area contributed by atoms with Gasteiger partial charge in [0.1, 0.15) is 0 Å². The van der Waals surface area contributed by atoms with Crippen LogP contribution in [0.4, 0.5) is 13.2 Å². The number of hydrogen-bond donors (Lipinski definition) is 1. The van der Waals surface area contributed by atoms with E-state index in [9.17, 15) is 18.0 Å². The number of aliphatic hydroxyl groups is 1. The fraction of sp³-hybridized carbons (Fsp3) is 0.571. The van der Waals surface area contributed by atoms with Crippen molar-refractivity contribution >= 4 is 5.91 Å². The predicted octanol–water partition coefficient (Wildman–Crippen LogP) is 0.692. The molecule has 0 saturated carbocycles. The second-order valence-corrected chi connectivity index (χ2v) is 5.24. The Balaban J connectivity index is 1.78. The Morgan fingerprint density at radius 1 is 1.27 bits per heavy atom. The topological polar surface area (TPSA) is 56.7 Å². The number of hydrogen-bond acceptors (Lipinski definition) is 4. The average Bonchev–Trinajstić information content (AvgIpc) is 2.48. The first kappa shape index (κ1) is 16.7. The summed E-state index contributed by atoms with van der Waals surface area (Å²) in [5.41, 5.74) is 0.669. The van der Waals surface area contributed by atoms with Crippen molar-refractivity contribution in [3.63, 3.8) is 0 Å². The minimum Gasteiger partial charge on any atom is -0.382 e. The minimum atomic E-state index is -4.61. The Kier molecular flexibility index (Phi) is 5.36. The van der Waals surface area contributed by atoms with Crippen molar-refractivity contribution in [3.8, 4) is 0 Å². The van der Waals surface area contributed by atoms with Crippen molar-refractivity contribution in [3.05, 3.63) is 30.1 Å². The highest BCUT2D eigenvalue weighted by Crippen LogP contribution is 2.21. The number of alkyl halides is 3. The van der Waals surface area contributed by atoms with Crippen LogP contribution in [0.2, 0.25) is 0 Å². The maximum Gasteiger partial charge on any atom is 0.415 e. The smallest absolute Gasteiger partial charge is 0.382 e. The van der Waals surface area contributed by atoms with Gasteiger partial charge in [0.15, 0.2) is 6.10 Å². The lowest BCUT2D eigenvalue weighted by molar-refractivity contribution is -0.209. The molecule has 8 heteroatoms. The van der Waals surface area contributed by atoms with E-state index < -0.39 is 18.8 Å². The zero-order valence-corrected chi connectivity index (χ0v) is 12.0. The molecule has 1 amide bonds. The molecule has 0 unspecified atom stereocenters. The van der Waals surface area contributed by atoms with Gasteiger partial charge in [0.25, 0.3) is 0 Å². The van der Waals surface area contributed by atoms with Gasteiger partial charge in [-0.25, -0.2) is 0 Å². The largest absolute Gasteiger partial charge is 0.415 e. The van der Waals surface area contributed by atoms with Crippen LogP contribution >= 0.6 is 0 Å². The highest BCUT2D eigenvalue weighted by Gasteiger charge is 2.39. The number of carbonyl (C=O) groups is 1. The van der Waals surface area contributed by atoms with Gasteiger partial charge < -0.3 is 10.0 Å². The van der Waals surface area contributed by atoms with Crippen LogP contribution in [0.15, 0.2) is 24.4 Å². The van der Waals surface area contributed by atoms with Crippen LogP contribution < -0.4 is 0 Å². The van der Waals surface area contributed by atoms with Gasteiger partial charge in [-0.1, -0.05) is 6.07 Å². The third-order valence-corrected chi connectivity index (χ3v) is 3.59. The van der Waals surface area contributed by atoms with Crippen LogP contribution in [-0.4, -0.2) is 70.8 Å². The molecule has 5 nitrogen and oxygen atoms in total. The summed E-state index contributed by atoms with van der Waals surface area (Å²) in [5, 5.41) is 9.05. The van der Waals surface area contributed by atoms with Gasteiger partial charge in [-0.3, -0.25) is 14.7 Å². The Bertz CT molecular complexity index is 488. The number of pyridine rings is 1. The molecule has 2 rings (SSSR count). The summed E-state index contributed by atoms with van der Waals surface area (Å²) in [6.45, 7) is 0.903. The van der Waals surface area contributed by atoms with Crippen molar-refractivity contribution in [2.45, 2.75) is 18.7 Å². The number of aromatic nitrogens is 1. The summed E-state index contributed by atoms with van der Waals surface area (Å²) < 4.78 is 36.9. The van der Waals surface area contributed by atoms with Crippen LogP contribution in [-0.2, 0) is 11.2 Å². The first-order chi connectivity index (χ1) is 10.4. The van der Waals surface area contributed by atoms with Crippen LogP contribution in [0.3, 0.4) is 0 Å². The third kappa shape index (κ3) is 4.67. The second kappa shape index (κ2) is 7.06. The lowest BCUT2D eigenvalue weighted by Crippen LogP contribution is -2.52. The van der Waals surface area contributed by atoms with E-state index in [0.29, 0.717) is 31.9 Å². The van der Waals surface area contributed by atoms with Crippen LogP contribution in [0.25, 0.3) is 0 Å². The van der Waals surface area contributed by atoms with Crippen LogP contribution in [0, 0.1) is 0 Å². The van der Waals surface area contributed by atoms with Gasteiger partial charge in [-0.15, -0.1) is 0 Å². The number of nitrogens with zero attached hydrogens (tertiary/aromatic N) is 3. The van der Waals surface area contributed by atoms with Crippen molar-refractivity contribution in [2.75, 3.05) is 32.7 Å². The van der Waals surface area contributed by atoms with E-state index in [1.165, 1.54) is 4.90 Å². The first-order valence-electron chi connectivity index (χ1n) is 7.01. The van der Waals surface area contributed by atoms with Gasteiger partial charge in [-0.05, 0) is 12.1 Å². The van der Waals surface area contributed by atoms with Crippen molar-refractivity contribution in [1.82, 2.24) is 14.8 Å². The molecule has 2 heterocycles. The molecule has 0 bridgehead atoms. The Morgan fingerprint density at radius 3 is 2.50 bits per heavy atom. The number of halogens is 3. The van der Waals surface area contributed by atoms with Gasteiger partial charge >= 0.3 is 6.18 Å². The summed E-state index contributed by atoms with van der Waals surface area (Å²) in [6.07, 6.45) is -5.15. The molecule has 0 aromatic carbocycles. The molecule has 1 aliphatic heterocycles. The molecule has 1 saturated heterocycles. The van der Waals surface area contributed by atoms with Gasteiger partial charge in [0, 0.05) is 44.6 Å². The third-order valence-electron chi connectivity index (χ3n) is 3.59. The molecule has 1 aliphatic rings. The number of rotatable bonds is 4. The Hall–Kier alpha value is -1.67. The standard InChI is InChI=1S/C14H18F3N3O2/c15-14(16,17)12(21)10-19-5-7-20(8-6-19)13(22)9-11-3-1-2-4-18-11/h1-4,12,21H,5-10H2/t12-/m0/s1. The average molecular weight is 317 g/mol. The van der Waals surface area contributed by atoms with Crippen molar-refractivity contribution in [2.24, 2.45) is 0 Å². The molecule has 0 aliphatic carbocycles. The highest BCUT2D eigenvalue weighted by molar-refractivity contribution is 5.78. The molecule has 22 heavy (non-hydrogen) atoms. The van der Waals surface area contributed by atoms with E-state index in [0.717, 1.165) is 0 Å². The van der Waals surface area contributed by atoms with Gasteiger partial charge in [0.05, 0.1) is 6.42 Å². The van der Waals surface area contributed by atoms with E-state index >= 15 is 0 Å². The SMILES string of the molecule is O=C(Cc1ccccn1)N1CCN(C[C@H](O)C(F)(F)F)CC1. The summed E-state index contributed by atoms with van der Waals surface area (Å²) in [5.74, 6) is -0.0882. The summed E-state index contributed by atoms with van der Waals surface area (Å²) in [6, 6.07) is 5.32. The summed E-state index contributed by atoms with van der Waals surface area (Å²) in [7, 11) is 0. The van der Waals surface area contributed by atoms with E-state index in [2.05, 4.69) is 4.98 Å². The number of piperazine rings is 1. The molecule has 1 aromatic rings. The van der Waals surface area contributed by atoms with E-state index in [-0.39, 0.29) is 12.3 Å². The maximum absolute atomic E-state index is 12.3. The number of carbonyl (C=O) groups excluding carboxylic acids is 1. The molecule has 1 atom stereocenters. The summed E-state index contributed by atoms with van der Waals surface area (Å²) in [4.78, 5) is 19.3. The Morgan fingerprint density at radius 2 is 1.95 bits per heavy atom. The summed E-state index contributed by atoms with van der Waals surface area (Å²) >= 11 is 0. The first-order valence-corrected chi connectivity index (χ1v) is 7.01. The normalized spacial score (nSPS) is 18.3. The molecular weight excluding hydrogens is 299 g/mol. The molecular formula is C14H18F3N3O2. The Labute approximate surface area is 126 Å². The number of β-amino-alcohol motifs (C(OH)–C–C–N with tert-alkyl or cyclic N) is 1. The monoisotopic (exact) mass is 317 g/mol. The number of amides is 1. The number of aliphatic hydroxyl groups excluding tert-OH is 1. The fourth-order valence-corrected chi connectivity index (χ4v) is 2.30.